The number of para-hydroxylation sites is 2. The number of aromatic nitrogens is 1. The summed E-state index contributed by atoms with van der Waals surface area (Å²) in [4.78, 5) is 16.7. The van der Waals surface area contributed by atoms with Gasteiger partial charge in [0.1, 0.15) is 0 Å². The van der Waals surface area contributed by atoms with Crippen molar-refractivity contribution in [3.8, 4) is 17.4 Å². The van der Waals surface area contributed by atoms with Crippen molar-refractivity contribution in [1.29, 1.82) is 0 Å². The summed E-state index contributed by atoms with van der Waals surface area (Å²) in [7, 11) is 1.55. The minimum Gasteiger partial charge on any atom is -0.493 e. The molecule has 1 N–H and O–H groups in total. The smallest absolute Gasteiger partial charge is 0.262 e. The van der Waals surface area contributed by atoms with E-state index in [4.69, 9.17) is 14.2 Å². The Bertz CT molecular complexity index is 1130. The van der Waals surface area contributed by atoms with Crippen LogP contribution in [0.3, 0.4) is 0 Å². The molecule has 0 fully saturated rings. The SMILES string of the molecule is COc1ccccc1OCC(=O)Nc1ccc(OC(c2ccccc2)c2ccccc2)nc1. The number of benzene rings is 3. The average Bonchev–Trinajstić information content (AvgIpc) is 2.88. The first-order chi connectivity index (χ1) is 16.2. The van der Waals surface area contributed by atoms with Crippen LogP contribution in [0.1, 0.15) is 17.2 Å². The third-order valence-corrected chi connectivity index (χ3v) is 4.89. The molecule has 6 nitrogen and oxygen atoms in total. The summed E-state index contributed by atoms with van der Waals surface area (Å²) in [6.45, 7) is -0.150. The number of rotatable bonds is 9. The monoisotopic (exact) mass is 440 g/mol. The highest BCUT2D eigenvalue weighted by molar-refractivity contribution is 5.91. The van der Waals surface area contributed by atoms with Gasteiger partial charge in [0.2, 0.25) is 5.88 Å². The summed E-state index contributed by atoms with van der Waals surface area (Å²) in [5.41, 5.74) is 2.60. The number of amides is 1. The van der Waals surface area contributed by atoms with E-state index in [0.717, 1.165) is 11.1 Å². The first-order valence-electron chi connectivity index (χ1n) is 10.5. The predicted octanol–water partition coefficient (Wildman–Crippen LogP) is 5.28. The van der Waals surface area contributed by atoms with Crippen LogP contribution < -0.4 is 19.5 Å². The Kier molecular flexibility index (Phi) is 7.18. The van der Waals surface area contributed by atoms with E-state index in [1.165, 1.54) is 0 Å². The zero-order valence-electron chi connectivity index (χ0n) is 18.2. The molecular weight excluding hydrogens is 416 g/mol. The molecule has 0 atom stereocenters. The van der Waals surface area contributed by atoms with Gasteiger partial charge in [0.05, 0.1) is 19.0 Å². The molecule has 0 saturated carbocycles. The van der Waals surface area contributed by atoms with Crippen molar-refractivity contribution in [2.75, 3.05) is 19.0 Å². The first kappa shape index (κ1) is 21.9. The lowest BCUT2D eigenvalue weighted by Gasteiger charge is -2.19. The van der Waals surface area contributed by atoms with E-state index < -0.39 is 0 Å². The van der Waals surface area contributed by atoms with Crippen LogP contribution in [0.4, 0.5) is 5.69 Å². The van der Waals surface area contributed by atoms with Crippen molar-refractivity contribution >= 4 is 11.6 Å². The first-order valence-corrected chi connectivity index (χ1v) is 10.5. The number of carbonyl (C=O) groups is 1. The average molecular weight is 440 g/mol. The molecule has 0 saturated heterocycles. The van der Waals surface area contributed by atoms with Gasteiger partial charge in [0.25, 0.3) is 5.91 Å². The third-order valence-electron chi connectivity index (χ3n) is 4.89. The molecule has 0 unspecified atom stereocenters. The van der Waals surface area contributed by atoms with Crippen LogP contribution in [0, 0.1) is 0 Å². The molecular formula is C27H24N2O4. The summed E-state index contributed by atoms with van der Waals surface area (Å²) >= 11 is 0. The van der Waals surface area contributed by atoms with E-state index in [2.05, 4.69) is 10.3 Å². The highest BCUT2D eigenvalue weighted by Crippen LogP contribution is 2.28. The molecule has 3 aromatic carbocycles. The van der Waals surface area contributed by atoms with Crippen molar-refractivity contribution in [3.05, 3.63) is 114 Å². The van der Waals surface area contributed by atoms with Crippen LogP contribution in [-0.4, -0.2) is 24.6 Å². The molecule has 0 bridgehead atoms. The van der Waals surface area contributed by atoms with Crippen molar-refractivity contribution in [2.24, 2.45) is 0 Å². The Morgan fingerprint density at radius 2 is 1.42 bits per heavy atom. The number of anilines is 1. The minimum atomic E-state index is -0.303. The second-order valence-electron chi connectivity index (χ2n) is 7.19. The molecule has 1 amide bonds. The number of hydrogen-bond donors (Lipinski definition) is 1. The van der Waals surface area contributed by atoms with Crippen molar-refractivity contribution in [1.82, 2.24) is 4.98 Å². The highest BCUT2D eigenvalue weighted by Gasteiger charge is 2.16. The second-order valence-corrected chi connectivity index (χ2v) is 7.19. The molecule has 4 aromatic rings. The number of ether oxygens (including phenoxy) is 3. The highest BCUT2D eigenvalue weighted by atomic mass is 16.5. The molecule has 4 rings (SSSR count). The number of pyridine rings is 1. The van der Waals surface area contributed by atoms with E-state index >= 15 is 0 Å². The number of nitrogens with zero attached hydrogens (tertiary/aromatic N) is 1. The maximum Gasteiger partial charge on any atom is 0.262 e. The summed E-state index contributed by atoms with van der Waals surface area (Å²) in [6, 6.07) is 30.6. The number of methoxy groups -OCH3 is 1. The fourth-order valence-electron chi connectivity index (χ4n) is 3.31. The Hall–Kier alpha value is -4.32. The van der Waals surface area contributed by atoms with E-state index in [-0.39, 0.29) is 18.6 Å². The molecule has 166 valence electrons. The second kappa shape index (κ2) is 10.8. The third kappa shape index (κ3) is 5.89. The zero-order valence-corrected chi connectivity index (χ0v) is 18.2. The van der Waals surface area contributed by atoms with Gasteiger partial charge in [-0.05, 0) is 29.3 Å². The lowest BCUT2D eigenvalue weighted by Crippen LogP contribution is -2.20. The van der Waals surface area contributed by atoms with Gasteiger partial charge in [-0.3, -0.25) is 4.79 Å². The Morgan fingerprint density at radius 3 is 2.00 bits per heavy atom. The van der Waals surface area contributed by atoms with Crippen LogP contribution in [-0.2, 0) is 4.79 Å². The van der Waals surface area contributed by atoms with Crippen LogP contribution in [0.15, 0.2) is 103 Å². The molecule has 6 heteroatoms. The number of nitrogens with one attached hydrogen (secondary N) is 1. The van der Waals surface area contributed by atoms with Crippen LogP contribution in [0.5, 0.6) is 17.4 Å². The fourth-order valence-corrected chi connectivity index (χ4v) is 3.31. The van der Waals surface area contributed by atoms with Gasteiger partial charge >= 0.3 is 0 Å². The largest absolute Gasteiger partial charge is 0.493 e. The molecule has 0 spiro atoms. The van der Waals surface area contributed by atoms with E-state index in [1.807, 2.05) is 72.8 Å². The number of carbonyl (C=O) groups excluding carboxylic acids is 1. The summed E-state index contributed by atoms with van der Waals surface area (Å²) in [5, 5.41) is 2.77. The zero-order chi connectivity index (χ0) is 22.9. The van der Waals surface area contributed by atoms with E-state index in [1.54, 1.807) is 37.6 Å². The van der Waals surface area contributed by atoms with Crippen LogP contribution in [0.2, 0.25) is 0 Å². The van der Waals surface area contributed by atoms with E-state index in [0.29, 0.717) is 23.1 Å². The van der Waals surface area contributed by atoms with Crippen LogP contribution >= 0.6 is 0 Å². The molecule has 0 aliphatic rings. The van der Waals surface area contributed by atoms with Gasteiger partial charge < -0.3 is 19.5 Å². The Morgan fingerprint density at radius 1 is 0.818 bits per heavy atom. The Labute approximate surface area is 192 Å². The van der Waals surface area contributed by atoms with Gasteiger partial charge in [-0.15, -0.1) is 0 Å². The summed E-state index contributed by atoms with van der Waals surface area (Å²) in [5.74, 6) is 1.23. The van der Waals surface area contributed by atoms with Crippen molar-refractivity contribution in [2.45, 2.75) is 6.10 Å². The van der Waals surface area contributed by atoms with Gasteiger partial charge in [0, 0.05) is 6.07 Å². The standard InChI is InChI=1S/C27H24N2O4/c1-31-23-14-8-9-15-24(23)32-19-25(30)29-22-16-17-26(28-18-22)33-27(20-10-4-2-5-11-20)21-12-6-3-7-13-21/h2-18,27H,19H2,1H3,(H,29,30). The molecule has 1 aromatic heterocycles. The molecule has 0 radical (unpaired) electrons. The molecule has 0 aliphatic carbocycles. The van der Waals surface area contributed by atoms with Gasteiger partial charge in [0.15, 0.2) is 24.2 Å². The summed E-state index contributed by atoms with van der Waals surface area (Å²) in [6.07, 6.45) is 1.26. The Balaban J connectivity index is 1.39. The quantitative estimate of drug-likeness (QED) is 0.384. The van der Waals surface area contributed by atoms with Crippen molar-refractivity contribution in [3.63, 3.8) is 0 Å². The maximum absolute atomic E-state index is 12.3. The lowest BCUT2D eigenvalue weighted by molar-refractivity contribution is -0.118. The lowest BCUT2D eigenvalue weighted by atomic mass is 10.0. The fraction of sp³-hybridized carbons (Fsp3) is 0.111. The maximum atomic E-state index is 12.3. The van der Waals surface area contributed by atoms with Gasteiger partial charge in [-0.2, -0.15) is 0 Å². The topological polar surface area (TPSA) is 69.7 Å². The molecule has 33 heavy (non-hydrogen) atoms. The molecule has 0 aliphatic heterocycles. The number of hydrogen-bond acceptors (Lipinski definition) is 5. The molecule has 1 heterocycles. The van der Waals surface area contributed by atoms with Crippen LogP contribution in [0.25, 0.3) is 0 Å². The van der Waals surface area contributed by atoms with E-state index in [9.17, 15) is 4.79 Å². The van der Waals surface area contributed by atoms with Crippen molar-refractivity contribution < 1.29 is 19.0 Å². The predicted molar refractivity (Wildman–Crippen MR) is 127 cm³/mol. The van der Waals surface area contributed by atoms with Gasteiger partial charge in [-0.25, -0.2) is 4.98 Å². The minimum absolute atomic E-state index is 0.150. The summed E-state index contributed by atoms with van der Waals surface area (Å²) < 4.78 is 17.0. The normalized spacial score (nSPS) is 10.5. The van der Waals surface area contributed by atoms with Gasteiger partial charge in [-0.1, -0.05) is 72.8 Å².